The van der Waals surface area contributed by atoms with E-state index in [0.29, 0.717) is 44.0 Å². The number of carbonyl (C=O) groups is 2. The lowest BCUT2D eigenvalue weighted by molar-refractivity contribution is -0.119. The van der Waals surface area contributed by atoms with Gasteiger partial charge in [0.05, 0.1) is 5.54 Å². The van der Waals surface area contributed by atoms with Gasteiger partial charge in [-0.05, 0) is 74.0 Å². The minimum Gasteiger partial charge on any atom is -0.610 e. The Morgan fingerprint density at radius 3 is 2.45 bits per heavy atom. The first-order valence-electron chi connectivity index (χ1n) is 10.6. The van der Waals surface area contributed by atoms with E-state index in [1.807, 2.05) is 6.07 Å². The largest absolute Gasteiger partial charge is 0.610 e. The molecule has 1 aromatic carbocycles. The lowest BCUT2D eigenvalue weighted by atomic mass is 9.84. The van der Waals surface area contributed by atoms with E-state index >= 15 is 0 Å². The van der Waals surface area contributed by atoms with Crippen molar-refractivity contribution in [1.82, 2.24) is 15.3 Å². The van der Waals surface area contributed by atoms with Crippen LogP contribution in [-0.2, 0) is 11.2 Å². The molecule has 2 aromatic rings. The van der Waals surface area contributed by atoms with Crippen LogP contribution in [0.5, 0.6) is 0 Å². The fraction of sp³-hybridized carbons (Fsp3) is 0.435. The van der Waals surface area contributed by atoms with Gasteiger partial charge in [-0.3, -0.25) is 9.59 Å². The molecule has 1 aliphatic heterocycles. The number of nitrogens with zero attached hydrogens (tertiary/aromatic N) is 2. The summed E-state index contributed by atoms with van der Waals surface area (Å²) in [6.45, 7) is 0.912. The minimum atomic E-state index is -0.756. The van der Waals surface area contributed by atoms with Crippen molar-refractivity contribution in [3.8, 4) is 0 Å². The fourth-order valence-corrected chi connectivity index (χ4v) is 4.26. The predicted octanol–water partition coefficient (Wildman–Crippen LogP) is 3.10. The molecule has 1 saturated heterocycles. The molecule has 0 radical (unpaired) electrons. The number of aromatic nitrogens is 1. The van der Waals surface area contributed by atoms with Gasteiger partial charge in [-0.15, -0.1) is 0 Å². The Bertz CT molecular complexity index is 966. The predicted molar refractivity (Wildman–Crippen MR) is 115 cm³/mol. The second-order valence-electron chi connectivity index (χ2n) is 8.67. The molecular formula is C23H27FN5O2-. The Balaban J connectivity index is 1.57. The number of amides is 2. The zero-order chi connectivity index (χ0) is 22.0. The van der Waals surface area contributed by atoms with Crippen LogP contribution in [0.3, 0.4) is 0 Å². The molecule has 0 unspecified atom stereocenters. The van der Waals surface area contributed by atoms with Gasteiger partial charge in [0, 0.05) is 18.5 Å². The number of carbonyl (C=O) groups excluding carboxylic acids is 2. The molecule has 1 aliphatic carbocycles. The van der Waals surface area contributed by atoms with Crippen LogP contribution in [0.15, 0.2) is 36.4 Å². The summed E-state index contributed by atoms with van der Waals surface area (Å²) < 4.78 is 13.3. The number of benzene rings is 1. The highest BCUT2D eigenvalue weighted by Crippen LogP contribution is 2.41. The van der Waals surface area contributed by atoms with Gasteiger partial charge < -0.3 is 21.9 Å². The van der Waals surface area contributed by atoms with E-state index in [4.69, 9.17) is 11.6 Å². The van der Waals surface area contributed by atoms with Gasteiger partial charge in [-0.1, -0.05) is 18.2 Å². The zero-order valence-electron chi connectivity index (χ0n) is 17.4. The van der Waals surface area contributed by atoms with Crippen LogP contribution in [-0.4, -0.2) is 40.4 Å². The van der Waals surface area contributed by atoms with Crippen molar-refractivity contribution in [2.75, 3.05) is 13.1 Å². The number of rotatable bonds is 7. The molecule has 1 saturated carbocycles. The molecule has 2 aliphatic rings. The molecule has 0 atom stereocenters. The van der Waals surface area contributed by atoms with Crippen LogP contribution in [0, 0.1) is 5.82 Å². The highest BCUT2D eigenvalue weighted by atomic mass is 19.1. The molecule has 2 amide bonds. The monoisotopic (exact) mass is 424 g/mol. The summed E-state index contributed by atoms with van der Waals surface area (Å²) in [5, 5.41) is 4.43. The van der Waals surface area contributed by atoms with Gasteiger partial charge in [0.2, 0.25) is 5.91 Å². The molecule has 1 aromatic heterocycles. The zero-order valence-corrected chi connectivity index (χ0v) is 17.4. The highest BCUT2D eigenvalue weighted by molar-refractivity contribution is 5.93. The standard InChI is InChI=1S/C23H27FN5O2/c24-17-5-1-15(2-6-17)13-20-18(16-3-4-16)7-8-19(27-20)22(31)28-23(14-21(25)30)9-11-29(26)12-10-23/h1-2,5-8,16,26H,3-4,9-14H2,(H2,25,30)(H,28,31)/q-1. The van der Waals surface area contributed by atoms with E-state index in [1.54, 1.807) is 18.2 Å². The smallest absolute Gasteiger partial charge is 0.270 e. The summed E-state index contributed by atoms with van der Waals surface area (Å²) in [6.07, 6.45) is 3.73. The van der Waals surface area contributed by atoms with Crippen molar-refractivity contribution in [3.05, 3.63) is 70.6 Å². The first kappa shape index (κ1) is 21.4. The van der Waals surface area contributed by atoms with Crippen molar-refractivity contribution >= 4 is 11.8 Å². The van der Waals surface area contributed by atoms with E-state index in [0.717, 1.165) is 29.7 Å². The Morgan fingerprint density at radius 1 is 1.16 bits per heavy atom. The van der Waals surface area contributed by atoms with E-state index in [9.17, 15) is 14.0 Å². The van der Waals surface area contributed by atoms with Gasteiger partial charge in [0.15, 0.2) is 0 Å². The van der Waals surface area contributed by atoms with Gasteiger partial charge in [-0.2, -0.15) is 0 Å². The number of nitrogens with one attached hydrogen (secondary N) is 2. The third-order valence-electron chi connectivity index (χ3n) is 6.16. The highest BCUT2D eigenvalue weighted by Gasteiger charge is 2.36. The van der Waals surface area contributed by atoms with Gasteiger partial charge >= 0.3 is 0 Å². The molecule has 4 rings (SSSR count). The van der Waals surface area contributed by atoms with Gasteiger partial charge in [-0.25, -0.2) is 9.37 Å². The second kappa shape index (κ2) is 8.72. The Morgan fingerprint density at radius 2 is 1.84 bits per heavy atom. The van der Waals surface area contributed by atoms with E-state index < -0.39 is 11.4 Å². The number of hydrogen-bond acceptors (Lipinski definition) is 4. The molecule has 2 fully saturated rings. The van der Waals surface area contributed by atoms with Gasteiger partial charge in [0.1, 0.15) is 11.5 Å². The maximum atomic E-state index is 13.3. The third kappa shape index (κ3) is 5.26. The maximum absolute atomic E-state index is 13.3. The molecule has 7 nitrogen and oxygen atoms in total. The average molecular weight is 425 g/mol. The van der Waals surface area contributed by atoms with Crippen LogP contribution >= 0.6 is 0 Å². The summed E-state index contributed by atoms with van der Waals surface area (Å²) in [5.74, 6) is 7.11. The topological polar surface area (TPSA) is 112 Å². The SMILES string of the molecule is [NH-]N1CCC(CC(N)=O)(NC(=O)c2ccc(C3CC3)c(Cc3ccc(F)cc3)n2)CC1. The molecule has 2 heterocycles. The number of hydrogen-bond donors (Lipinski definition) is 2. The number of pyridine rings is 1. The van der Waals surface area contributed by atoms with Crippen molar-refractivity contribution in [2.45, 2.75) is 50.0 Å². The maximum Gasteiger partial charge on any atom is 0.270 e. The van der Waals surface area contributed by atoms with Crippen molar-refractivity contribution in [2.24, 2.45) is 5.73 Å². The van der Waals surface area contributed by atoms with Crippen LogP contribution in [0.4, 0.5) is 4.39 Å². The molecule has 0 spiro atoms. The lowest BCUT2D eigenvalue weighted by Crippen LogP contribution is -2.56. The summed E-state index contributed by atoms with van der Waals surface area (Å²) in [4.78, 5) is 29.4. The van der Waals surface area contributed by atoms with Crippen LogP contribution < -0.4 is 11.1 Å². The van der Waals surface area contributed by atoms with Gasteiger partial charge in [0.25, 0.3) is 5.91 Å². The molecule has 4 N–H and O–H groups in total. The quantitative estimate of drug-likeness (QED) is 0.711. The number of primary amides is 1. The Hall–Kier alpha value is -2.84. The second-order valence-corrected chi connectivity index (χ2v) is 8.67. The summed E-state index contributed by atoms with van der Waals surface area (Å²) >= 11 is 0. The summed E-state index contributed by atoms with van der Waals surface area (Å²) in [6, 6.07) is 10.0. The van der Waals surface area contributed by atoms with Crippen LogP contribution in [0.2, 0.25) is 0 Å². The van der Waals surface area contributed by atoms with E-state index in [1.165, 1.54) is 17.1 Å². The van der Waals surface area contributed by atoms with Crippen molar-refractivity contribution < 1.29 is 14.0 Å². The molecule has 31 heavy (non-hydrogen) atoms. The van der Waals surface area contributed by atoms with Crippen LogP contribution in [0.1, 0.15) is 65.3 Å². The summed E-state index contributed by atoms with van der Waals surface area (Å²) in [5.41, 5.74) is 7.87. The molecule has 8 heteroatoms. The van der Waals surface area contributed by atoms with E-state index in [-0.39, 0.29) is 18.1 Å². The number of nitrogens with two attached hydrogens (primary N) is 1. The number of piperidine rings is 1. The normalized spacial score (nSPS) is 18.5. The molecule has 0 bridgehead atoms. The lowest BCUT2D eigenvalue weighted by Gasteiger charge is -2.44. The van der Waals surface area contributed by atoms with Crippen molar-refractivity contribution in [3.63, 3.8) is 0 Å². The molecule has 164 valence electrons. The summed E-state index contributed by atoms with van der Waals surface area (Å²) in [7, 11) is 0. The molecular weight excluding hydrogens is 397 g/mol. The first-order chi connectivity index (χ1) is 14.8. The van der Waals surface area contributed by atoms with E-state index in [2.05, 4.69) is 10.3 Å². The third-order valence-corrected chi connectivity index (χ3v) is 6.16. The Kier molecular flexibility index (Phi) is 6.02. The minimum absolute atomic E-state index is 0.0369. The average Bonchev–Trinajstić information content (AvgIpc) is 3.57. The fourth-order valence-electron chi connectivity index (χ4n) is 4.26. The Labute approximate surface area is 181 Å². The number of halogens is 1. The van der Waals surface area contributed by atoms with Crippen molar-refractivity contribution in [1.29, 1.82) is 0 Å². The van der Waals surface area contributed by atoms with Crippen LogP contribution in [0.25, 0.3) is 5.84 Å². The first-order valence-corrected chi connectivity index (χ1v) is 10.6.